The number of carboxylic acid groups (broad SMARTS) is 1. The van der Waals surface area contributed by atoms with E-state index in [4.69, 9.17) is 9.72 Å². The molecule has 0 aliphatic rings. The van der Waals surface area contributed by atoms with Crippen molar-refractivity contribution in [2.75, 3.05) is 0 Å². The minimum atomic E-state index is -0.874. The van der Waals surface area contributed by atoms with E-state index in [9.17, 15) is 9.90 Å². The highest BCUT2D eigenvalue weighted by Gasteiger charge is 2.24. The number of aromatic nitrogens is 1. The van der Waals surface area contributed by atoms with E-state index >= 15 is 0 Å². The van der Waals surface area contributed by atoms with Gasteiger partial charge in [0.2, 0.25) is 0 Å². The average molecular weight is 478 g/mol. The number of para-hydroxylation sites is 1. The molecule has 4 nitrogen and oxygen atoms in total. The molecule has 0 saturated heterocycles. The van der Waals surface area contributed by atoms with Gasteiger partial charge in [0.05, 0.1) is 18.0 Å². The van der Waals surface area contributed by atoms with Crippen molar-refractivity contribution < 1.29 is 14.6 Å². The number of hydrogen-bond donors (Lipinski definition) is 1. The van der Waals surface area contributed by atoms with Gasteiger partial charge in [-0.15, -0.1) is 11.3 Å². The lowest BCUT2D eigenvalue weighted by Gasteiger charge is -2.15. The molecule has 4 aromatic carbocycles. The second kappa shape index (κ2) is 10.4. The number of ether oxygens (including phenoxy) is 1. The molecule has 35 heavy (non-hydrogen) atoms. The Labute approximate surface area is 208 Å². The zero-order chi connectivity index (χ0) is 24.0. The largest absolute Gasteiger partial charge is 0.481 e. The number of rotatable bonds is 8. The third-order valence-corrected chi connectivity index (χ3v) is 6.77. The SMILES string of the molecule is O=C(O)Cc1sc(C(c2ccccc2)c2ccccc2)nc1-c1ccc(Oc2ccccc2)cc1. The van der Waals surface area contributed by atoms with Crippen LogP contribution in [0, 0.1) is 0 Å². The van der Waals surface area contributed by atoms with Gasteiger partial charge >= 0.3 is 5.97 Å². The average Bonchev–Trinajstić information content (AvgIpc) is 3.29. The third-order valence-electron chi connectivity index (χ3n) is 5.65. The van der Waals surface area contributed by atoms with Crippen molar-refractivity contribution in [3.8, 4) is 22.8 Å². The van der Waals surface area contributed by atoms with Gasteiger partial charge in [-0.2, -0.15) is 0 Å². The maximum Gasteiger partial charge on any atom is 0.308 e. The Morgan fingerprint density at radius 2 is 1.26 bits per heavy atom. The van der Waals surface area contributed by atoms with Crippen LogP contribution < -0.4 is 4.74 Å². The summed E-state index contributed by atoms with van der Waals surface area (Å²) in [6.07, 6.45) is -0.0778. The molecule has 0 atom stereocenters. The molecule has 0 unspecified atom stereocenters. The molecule has 0 spiro atoms. The van der Waals surface area contributed by atoms with Crippen molar-refractivity contribution in [3.05, 3.63) is 136 Å². The van der Waals surface area contributed by atoms with E-state index in [1.807, 2.05) is 91.0 Å². The van der Waals surface area contributed by atoms with Crippen molar-refractivity contribution in [3.63, 3.8) is 0 Å². The molecular weight excluding hydrogens is 454 g/mol. The van der Waals surface area contributed by atoms with Gasteiger partial charge in [0, 0.05) is 10.4 Å². The summed E-state index contributed by atoms with van der Waals surface area (Å²) < 4.78 is 5.91. The molecule has 0 saturated carbocycles. The fraction of sp³-hybridized carbons (Fsp3) is 0.0667. The fourth-order valence-electron chi connectivity index (χ4n) is 4.05. The van der Waals surface area contributed by atoms with Crippen molar-refractivity contribution >= 4 is 17.3 Å². The van der Waals surface area contributed by atoms with E-state index in [0.29, 0.717) is 11.4 Å². The van der Waals surface area contributed by atoms with Crippen molar-refractivity contribution in [1.82, 2.24) is 4.98 Å². The number of thiazole rings is 1. The Hall–Kier alpha value is -4.22. The van der Waals surface area contributed by atoms with Gasteiger partial charge in [0.25, 0.3) is 0 Å². The van der Waals surface area contributed by atoms with E-state index in [0.717, 1.165) is 32.3 Å². The topological polar surface area (TPSA) is 59.4 Å². The predicted molar refractivity (Wildman–Crippen MR) is 139 cm³/mol. The molecule has 1 N–H and O–H groups in total. The summed E-state index contributed by atoms with van der Waals surface area (Å²) in [5.41, 5.74) is 3.81. The maximum atomic E-state index is 11.7. The summed E-state index contributed by atoms with van der Waals surface area (Å²) in [6, 6.07) is 37.6. The summed E-state index contributed by atoms with van der Waals surface area (Å²) in [6.45, 7) is 0. The predicted octanol–water partition coefficient (Wildman–Crippen LogP) is 7.41. The second-order valence-electron chi connectivity index (χ2n) is 8.09. The van der Waals surface area contributed by atoms with E-state index in [2.05, 4.69) is 24.3 Å². The normalized spacial score (nSPS) is 10.9. The van der Waals surface area contributed by atoms with Gasteiger partial charge in [0.15, 0.2) is 0 Å². The number of nitrogens with zero attached hydrogens (tertiary/aromatic N) is 1. The Kier molecular flexibility index (Phi) is 6.68. The Morgan fingerprint density at radius 1 is 0.743 bits per heavy atom. The third kappa shape index (κ3) is 5.31. The lowest BCUT2D eigenvalue weighted by Crippen LogP contribution is -2.02. The molecule has 5 aromatic rings. The molecule has 0 aliphatic carbocycles. The van der Waals surface area contributed by atoms with E-state index < -0.39 is 5.97 Å². The summed E-state index contributed by atoms with van der Waals surface area (Å²) in [7, 11) is 0. The Bertz CT molecular complexity index is 1360. The van der Waals surface area contributed by atoms with Crippen LogP contribution in [0.15, 0.2) is 115 Å². The Morgan fingerprint density at radius 3 is 1.80 bits per heavy atom. The van der Waals surface area contributed by atoms with Gasteiger partial charge < -0.3 is 9.84 Å². The van der Waals surface area contributed by atoms with Crippen LogP contribution in [0.2, 0.25) is 0 Å². The van der Waals surface area contributed by atoms with Crippen LogP contribution in [0.25, 0.3) is 11.3 Å². The lowest BCUT2D eigenvalue weighted by atomic mass is 9.92. The molecule has 5 rings (SSSR count). The minimum absolute atomic E-state index is 0.0778. The molecule has 0 amide bonds. The molecule has 0 bridgehead atoms. The number of hydrogen-bond acceptors (Lipinski definition) is 4. The smallest absolute Gasteiger partial charge is 0.308 e. The quantitative estimate of drug-likeness (QED) is 0.253. The summed E-state index contributed by atoms with van der Waals surface area (Å²) in [5.74, 6) is 0.517. The first-order valence-corrected chi connectivity index (χ1v) is 12.1. The lowest BCUT2D eigenvalue weighted by molar-refractivity contribution is -0.136. The second-order valence-corrected chi connectivity index (χ2v) is 9.20. The highest BCUT2D eigenvalue weighted by Crippen LogP contribution is 2.39. The van der Waals surface area contributed by atoms with Crippen LogP contribution in [0.4, 0.5) is 0 Å². The zero-order valence-electron chi connectivity index (χ0n) is 18.9. The molecule has 0 aliphatic heterocycles. The molecule has 5 heteroatoms. The van der Waals surface area contributed by atoms with Gasteiger partial charge in [-0.25, -0.2) is 4.98 Å². The van der Waals surface area contributed by atoms with E-state index in [1.165, 1.54) is 11.3 Å². The van der Waals surface area contributed by atoms with Gasteiger partial charge in [-0.05, 0) is 47.5 Å². The number of benzene rings is 4. The van der Waals surface area contributed by atoms with Crippen molar-refractivity contribution in [1.29, 1.82) is 0 Å². The van der Waals surface area contributed by atoms with Crippen molar-refractivity contribution in [2.45, 2.75) is 12.3 Å². The highest BCUT2D eigenvalue weighted by atomic mass is 32.1. The monoisotopic (exact) mass is 477 g/mol. The van der Waals surface area contributed by atoms with Crippen LogP contribution in [0.1, 0.15) is 26.9 Å². The molecule has 0 radical (unpaired) electrons. The zero-order valence-corrected chi connectivity index (χ0v) is 19.7. The standard InChI is InChI=1S/C30H23NO3S/c32-27(33)20-26-29(23-16-18-25(19-17-23)34-24-14-8-3-9-15-24)31-30(35-26)28(21-10-4-1-5-11-21)22-12-6-2-7-13-22/h1-19,28H,20H2,(H,32,33). The first-order valence-electron chi connectivity index (χ1n) is 11.3. The van der Waals surface area contributed by atoms with E-state index in [-0.39, 0.29) is 12.3 Å². The van der Waals surface area contributed by atoms with Gasteiger partial charge in [-0.1, -0.05) is 78.9 Å². The fourth-order valence-corrected chi connectivity index (χ4v) is 5.29. The molecular formula is C30H23NO3S. The van der Waals surface area contributed by atoms with Crippen LogP contribution in [-0.4, -0.2) is 16.1 Å². The summed E-state index contributed by atoms with van der Waals surface area (Å²) >= 11 is 1.46. The van der Waals surface area contributed by atoms with E-state index in [1.54, 1.807) is 0 Å². The molecule has 172 valence electrons. The molecule has 0 fully saturated rings. The van der Waals surface area contributed by atoms with Gasteiger partial charge in [-0.3, -0.25) is 4.79 Å². The summed E-state index contributed by atoms with van der Waals surface area (Å²) in [4.78, 5) is 17.4. The number of carbonyl (C=O) groups is 1. The summed E-state index contributed by atoms with van der Waals surface area (Å²) in [5, 5.41) is 10.5. The molecule has 1 aromatic heterocycles. The maximum absolute atomic E-state index is 11.7. The first kappa shape index (κ1) is 22.6. The highest BCUT2D eigenvalue weighted by molar-refractivity contribution is 7.12. The van der Waals surface area contributed by atoms with Crippen LogP contribution in [-0.2, 0) is 11.2 Å². The Balaban J connectivity index is 1.54. The number of aliphatic carboxylic acids is 1. The minimum Gasteiger partial charge on any atom is -0.481 e. The van der Waals surface area contributed by atoms with Gasteiger partial charge in [0.1, 0.15) is 16.5 Å². The van der Waals surface area contributed by atoms with Crippen LogP contribution in [0.5, 0.6) is 11.5 Å². The first-order chi connectivity index (χ1) is 17.2. The van der Waals surface area contributed by atoms with Crippen molar-refractivity contribution in [2.24, 2.45) is 0 Å². The van der Waals surface area contributed by atoms with Crippen LogP contribution in [0.3, 0.4) is 0 Å². The molecule has 1 heterocycles. The number of carboxylic acids is 1. The van der Waals surface area contributed by atoms with Crippen LogP contribution >= 0.6 is 11.3 Å².